The Morgan fingerprint density at radius 1 is 1.12 bits per heavy atom. The van der Waals surface area contributed by atoms with Gasteiger partial charge in [-0.3, -0.25) is 4.79 Å². The fourth-order valence-corrected chi connectivity index (χ4v) is 6.59. The van der Waals surface area contributed by atoms with Crippen molar-refractivity contribution in [3.8, 4) is 11.8 Å². The van der Waals surface area contributed by atoms with E-state index in [9.17, 15) is 4.79 Å². The van der Waals surface area contributed by atoms with E-state index in [-0.39, 0.29) is 10.8 Å². The first-order valence-electron chi connectivity index (χ1n) is 9.72. The van der Waals surface area contributed by atoms with Gasteiger partial charge < -0.3 is 0 Å². The van der Waals surface area contributed by atoms with Gasteiger partial charge in [0.2, 0.25) is 0 Å². The molecular weight excluding hydrogens is 292 g/mol. The van der Waals surface area contributed by atoms with Crippen LogP contribution < -0.4 is 0 Å². The molecule has 0 amide bonds. The van der Waals surface area contributed by atoms with Crippen molar-refractivity contribution in [2.24, 2.45) is 28.1 Å². The lowest BCUT2D eigenvalue weighted by molar-refractivity contribution is -0.115. The Kier molecular flexibility index (Phi) is 3.44. The quantitative estimate of drug-likeness (QED) is 0.427. The summed E-state index contributed by atoms with van der Waals surface area (Å²) in [5.74, 6) is 8.63. The maximum absolute atomic E-state index is 11.9. The molecule has 24 heavy (non-hydrogen) atoms. The highest BCUT2D eigenvalue weighted by Crippen LogP contribution is 2.67. The number of fused-ring (bicyclic) bond motifs is 5. The third-order valence-corrected chi connectivity index (χ3v) is 8.34. The first kappa shape index (κ1) is 16.2. The van der Waals surface area contributed by atoms with Crippen LogP contribution in [0.5, 0.6) is 0 Å². The predicted molar refractivity (Wildman–Crippen MR) is 98.2 cm³/mol. The molecule has 0 aromatic carbocycles. The average molecular weight is 322 g/mol. The zero-order chi connectivity index (χ0) is 17.2. The third kappa shape index (κ3) is 1.92. The zero-order valence-corrected chi connectivity index (χ0v) is 15.7. The lowest BCUT2D eigenvalue weighted by Crippen LogP contribution is -2.46. The lowest BCUT2D eigenvalue weighted by Gasteiger charge is -2.54. The van der Waals surface area contributed by atoms with Gasteiger partial charge in [-0.25, -0.2) is 0 Å². The SMILES string of the molecule is CC#C[C@@]1(C)CC[C@H]2C3CCC4=CC(=O)CC[C@]4(C)C3=CC[C@@]21C. The van der Waals surface area contributed by atoms with Gasteiger partial charge in [-0.1, -0.05) is 37.0 Å². The summed E-state index contributed by atoms with van der Waals surface area (Å²) in [5.41, 5.74) is 3.72. The zero-order valence-electron chi connectivity index (χ0n) is 15.7. The van der Waals surface area contributed by atoms with Crippen LogP contribution in [0.15, 0.2) is 23.3 Å². The van der Waals surface area contributed by atoms with E-state index < -0.39 is 0 Å². The number of hydrogen-bond donors (Lipinski definition) is 0. The molecule has 4 aliphatic rings. The first-order valence-corrected chi connectivity index (χ1v) is 9.72. The number of rotatable bonds is 0. The highest BCUT2D eigenvalue weighted by Gasteiger charge is 2.59. The number of ketones is 1. The van der Waals surface area contributed by atoms with Crippen molar-refractivity contribution in [2.75, 3.05) is 0 Å². The Morgan fingerprint density at radius 3 is 2.67 bits per heavy atom. The lowest BCUT2D eigenvalue weighted by atomic mass is 9.49. The van der Waals surface area contributed by atoms with Crippen molar-refractivity contribution in [2.45, 2.75) is 72.6 Å². The molecule has 0 radical (unpaired) electrons. The summed E-state index contributed by atoms with van der Waals surface area (Å²) in [6.07, 6.45) is 12.4. The smallest absolute Gasteiger partial charge is 0.155 e. The van der Waals surface area contributed by atoms with E-state index in [0.717, 1.165) is 31.6 Å². The van der Waals surface area contributed by atoms with E-state index in [1.807, 2.05) is 13.0 Å². The topological polar surface area (TPSA) is 17.1 Å². The number of allylic oxidation sites excluding steroid dienone is 4. The molecular formula is C23H30O. The minimum atomic E-state index is 0.160. The van der Waals surface area contributed by atoms with Crippen LogP contribution in [0, 0.1) is 39.9 Å². The van der Waals surface area contributed by atoms with Gasteiger partial charge in [0.05, 0.1) is 0 Å². The molecule has 4 rings (SSSR count). The Morgan fingerprint density at radius 2 is 1.92 bits per heavy atom. The number of hydrogen-bond acceptors (Lipinski definition) is 1. The summed E-state index contributed by atoms with van der Waals surface area (Å²) in [7, 11) is 0. The largest absolute Gasteiger partial charge is 0.295 e. The number of carbonyl (C=O) groups excluding carboxylic acids is 1. The summed E-state index contributed by atoms with van der Waals surface area (Å²) in [6, 6.07) is 0. The van der Waals surface area contributed by atoms with Crippen LogP contribution in [-0.4, -0.2) is 5.78 Å². The Labute approximate surface area is 147 Å². The predicted octanol–water partition coefficient (Wildman–Crippen LogP) is 5.47. The van der Waals surface area contributed by atoms with Gasteiger partial charge in [0.1, 0.15) is 0 Å². The molecule has 5 atom stereocenters. The minimum Gasteiger partial charge on any atom is -0.295 e. The molecule has 1 heteroatoms. The van der Waals surface area contributed by atoms with Crippen LogP contribution in [0.4, 0.5) is 0 Å². The molecule has 128 valence electrons. The standard InChI is InChI=1S/C23H30O/c1-5-11-21(2)12-9-20-18-7-6-16-15-17(24)8-13-22(16,3)19(18)10-14-23(20,21)4/h10,15,18,20H,6-9,12-14H2,1-4H3/t18?,20-,21-,22-,23-/m0/s1. The monoisotopic (exact) mass is 322 g/mol. The second kappa shape index (κ2) is 5.10. The van der Waals surface area contributed by atoms with Crippen molar-refractivity contribution >= 4 is 5.78 Å². The molecule has 0 bridgehead atoms. The molecule has 0 aromatic rings. The van der Waals surface area contributed by atoms with Gasteiger partial charge >= 0.3 is 0 Å². The minimum absolute atomic E-state index is 0.160. The molecule has 0 saturated heterocycles. The van der Waals surface area contributed by atoms with Crippen LogP contribution in [-0.2, 0) is 4.79 Å². The summed E-state index contributed by atoms with van der Waals surface area (Å²) >= 11 is 0. The van der Waals surface area contributed by atoms with E-state index in [1.165, 1.54) is 24.8 Å². The second-order valence-electron chi connectivity index (χ2n) is 9.25. The summed E-state index contributed by atoms with van der Waals surface area (Å²) in [6.45, 7) is 9.30. The van der Waals surface area contributed by atoms with Crippen molar-refractivity contribution in [1.29, 1.82) is 0 Å². The third-order valence-electron chi connectivity index (χ3n) is 8.34. The van der Waals surface area contributed by atoms with E-state index in [0.29, 0.717) is 17.1 Å². The molecule has 0 aromatic heterocycles. The second-order valence-corrected chi connectivity index (χ2v) is 9.25. The van der Waals surface area contributed by atoms with Gasteiger partial charge in [-0.15, -0.1) is 5.92 Å². The molecule has 2 saturated carbocycles. The van der Waals surface area contributed by atoms with E-state index in [1.54, 1.807) is 5.57 Å². The number of carbonyl (C=O) groups is 1. The normalized spacial score (nSPS) is 46.8. The molecule has 0 heterocycles. The van der Waals surface area contributed by atoms with Crippen LogP contribution in [0.2, 0.25) is 0 Å². The summed E-state index contributed by atoms with van der Waals surface area (Å²) in [5, 5.41) is 0. The van der Waals surface area contributed by atoms with E-state index >= 15 is 0 Å². The molecule has 4 aliphatic carbocycles. The first-order chi connectivity index (χ1) is 11.3. The van der Waals surface area contributed by atoms with Gasteiger partial charge in [0.25, 0.3) is 0 Å². The Bertz CT molecular complexity index is 714. The molecule has 0 spiro atoms. The van der Waals surface area contributed by atoms with E-state index in [4.69, 9.17) is 0 Å². The van der Waals surface area contributed by atoms with Crippen molar-refractivity contribution < 1.29 is 4.79 Å². The van der Waals surface area contributed by atoms with Gasteiger partial charge in [-0.05, 0) is 75.7 Å². The Balaban J connectivity index is 1.77. The maximum Gasteiger partial charge on any atom is 0.155 e. The van der Waals surface area contributed by atoms with Gasteiger partial charge in [0.15, 0.2) is 5.78 Å². The van der Waals surface area contributed by atoms with Crippen molar-refractivity contribution in [3.05, 3.63) is 23.3 Å². The highest BCUT2D eigenvalue weighted by molar-refractivity contribution is 5.92. The van der Waals surface area contributed by atoms with Crippen LogP contribution >= 0.6 is 0 Å². The van der Waals surface area contributed by atoms with Crippen LogP contribution in [0.1, 0.15) is 72.6 Å². The molecule has 0 aliphatic heterocycles. The van der Waals surface area contributed by atoms with E-state index in [2.05, 4.69) is 38.7 Å². The summed E-state index contributed by atoms with van der Waals surface area (Å²) < 4.78 is 0. The molecule has 2 fully saturated rings. The summed E-state index contributed by atoms with van der Waals surface area (Å²) in [4.78, 5) is 11.9. The van der Waals surface area contributed by atoms with Gasteiger partial charge in [-0.2, -0.15) is 0 Å². The van der Waals surface area contributed by atoms with Crippen LogP contribution in [0.3, 0.4) is 0 Å². The molecule has 0 N–H and O–H groups in total. The fraction of sp³-hybridized carbons (Fsp3) is 0.696. The average Bonchev–Trinajstić information content (AvgIpc) is 2.80. The molecule has 1 unspecified atom stereocenters. The van der Waals surface area contributed by atoms with Crippen molar-refractivity contribution in [1.82, 2.24) is 0 Å². The maximum atomic E-state index is 11.9. The van der Waals surface area contributed by atoms with Crippen molar-refractivity contribution in [3.63, 3.8) is 0 Å². The highest BCUT2D eigenvalue weighted by atomic mass is 16.1. The van der Waals surface area contributed by atoms with Crippen LogP contribution in [0.25, 0.3) is 0 Å². The fourth-order valence-electron chi connectivity index (χ4n) is 6.59. The molecule has 1 nitrogen and oxygen atoms in total. The van der Waals surface area contributed by atoms with Gasteiger partial charge in [0, 0.05) is 17.3 Å². The Hall–Kier alpha value is -1.29.